The van der Waals surface area contributed by atoms with E-state index in [1.54, 1.807) is 0 Å². The summed E-state index contributed by atoms with van der Waals surface area (Å²) in [5, 5.41) is 0. The average Bonchev–Trinajstić information content (AvgIpc) is 2.97. The first kappa shape index (κ1) is 22.5. The standard InChI is InChI=1S/C30H51N/c1-19(2)11-10-16-31-22-13-15-29(8)25(22)23(31)17-24-28(7)14-12-21(4)27(5,6)26(28)20(3)18-30(24,29)9/h11,20-26H,10,12-18H2,1-9H3/t20-,21-,22?,23+,24?,25?,26?,28+,29+,30+/m0/s1. The molecule has 0 aromatic carbocycles. The lowest BCUT2D eigenvalue weighted by molar-refractivity contribution is -0.267. The molecule has 0 N–H and O–H groups in total. The molecule has 0 aromatic heterocycles. The number of fused-ring (bicyclic) bond motifs is 4. The molecule has 5 aliphatic rings. The summed E-state index contributed by atoms with van der Waals surface area (Å²) in [7, 11) is 0. The number of rotatable bonds is 3. The fraction of sp³-hybridized carbons (Fsp3) is 0.933. The van der Waals surface area contributed by atoms with Crippen LogP contribution in [-0.4, -0.2) is 23.5 Å². The van der Waals surface area contributed by atoms with E-state index in [0.29, 0.717) is 21.7 Å². The third kappa shape index (κ3) is 2.71. The minimum absolute atomic E-state index is 0.479. The van der Waals surface area contributed by atoms with E-state index in [4.69, 9.17) is 0 Å². The second-order valence-electron chi connectivity index (χ2n) is 14.6. The van der Waals surface area contributed by atoms with Crippen LogP contribution in [0.2, 0.25) is 0 Å². The van der Waals surface area contributed by atoms with Crippen LogP contribution in [0.1, 0.15) is 107 Å². The summed E-state index contributed by atoms with van der Waals surface area (Å²) in [5.74, 6) is 4.50. The number of hydrogen-bond donors (Lipinski definition) is 0. The molecule has 0 spiro atoms. The minimum atomic E-state index is 0.479. The van der Waals surface area contributed by atoms with E-state index in [9.17, 15) is 0 Å². The van der Waals surface area contributed by atoms with Crippen LogP contribution in [0.5, 0.6) is 0 Å². The number of nitrogens with zero attached hydrogens (tertiary/aromatic N) is 1. The van der Waals surface area contributed by atoms with E-state index in [0.717, 1.165) is 41.7 Å². The van der Waals surface area contributed by atoms with Gasteiger partial charge in [0, 0.05) is 18.6 Å². The Morgan fingerprint density at radius 3 is 2.32 bits per heavy atom. The first-order chi connectivity index (χ1) is 14.4. The summed E-state index contributed by atoms with van der Waals surface area (Å²) in [4.78, 5) is 2.99. The number of allylic oxidation sites excluding steroid dienone is 1. The highest BCUT2D eigenvalue weighted by molar-refractivity contribution is 5.25. The molecule has 0 amide bonds. The van der Waals surface area contributed by atoms with Crippen molar-refractivity contribution in [1.29, 1.82) is 0 Å². The monoisotopic (exact) mass is 425 g/mol. The number of hydrogen-bond acceptors (Lipinski definition) is 1. The van der Waals surface area contributed by atoms with Crippen LogP contribution in [0, 0.1) is 51.2 Å². The molecule has 5 rings (SSSR count). The quantitative estimate of drug-likeness (QED) is 0.414. The average molecular weight is 426 g/mol. The molecule has 176 valence electrons. The predicted molar refractivity (Wildman–Crippen MR) is 133 cm³/mol. The Balaban J connectivity index is 1.51. The normalized spacial score (nSPS) is 54.9. The fourth-order valence-corrected chi connectivity index (χ4v) is 11.4. The molecular weight excluding hydrogens is 374 g/mol. The van der Waals surface area contributed by atoms with Gasteiger partial charge in [-0.1, -0.05) is 60.1 Å². The Bertz CT molecular complexity index is 760. The van der Waals surface area contributed by atoms with Gasteiger partial charge >= 0.3 is 0 Å². The minimum Gasteiger partial charge on any atom is -0.296 e. The van der Waals surface area contributed by atoms with E-state index in [1.165, 1.54) is 57.1 Å². The van der Waals surface area contributed by atoms with Gasteiger partial charge in [-0.15, -0.1) is 0 Å². The second-order valence-corrected chi connectivity index (χ2v) is 14.6. The molecule has 1 heterocycles. The molecule has 5 fully saturated rings. The first-order valence-electron chi connectivity index (χ1n) is 13.8. The Kier molecular flexibility index (Phi) is 4.98. The third-order valence-electron chi connectivity index (χ3n) is 12.9. The highest BCUT2D eigenvalue weighted by Crippen LogP contribution is 2.78. The van der Waals surface area contributed by atoms with Crippen LogP contribution in [-0.2, 0) is 0 Å². The van der Waals surface area contributed by atoms with Crippen LogP contribution >= 0.6 is 0 Å². The summed E-state index contributed by atoms with van der Waals surface area (Å²) >= 11 is 0. The lowest BCUT2D eigenvalue weighted by atomic mass is 9.32. The third-order valence-corrected chi connectivity index (χ3v) is 12.9. The molecule has 4 saturated carbocycles. The van der Waals surface area contributed by atoms with Gasteiger partial charge in [0.2, 0.25) is 0 Å². The van der Waals surface area contributed by atoms with Gasteiger partial charge in [0.25, 0.3) is 0 Å². The molecular formula is C30H51N. The first-order valence-corrected chi connectivity index (χ1v) is 13.8. The van der Waals surface area contributed by atoms with Gasteiger partial charge in [-0.3, -0.25) is 4.90 Å². The zero-order valence-electron chi connectivity index (χ0n) is 22.2. The lowest BCUT2D eigenvalue weighted by Crippen LogP contribution is -2.74. The van der Waals surface area contributed by atoms with Gasteiger partial charge < -0.3 is 0 Å². The van der Waals surface area contributed by atoms with Crippen LogP contribution < -0.4 is 0 Å². The van der Waals surface area contributed by atoms with Crippen molar-refractivity contribution in [3.63, 3.8) is 0 Å². The molecule has 1 saturated heterocycles. The van der Waals surface area contributed by atoms with Gasteiger partial charge in [0.05, 0.1) is 0 Å². The summed E-state index contributed by atoms with van der Waals surface area (Å²) in [6.07, 6.45) is 12.6. The van der Waals surface area contributed by atoms with E-state index in [-0.39, 0.29) is 0 Å². The van der Waals surface area contributed by atoms with Crippen molar-refractivity contribution in [2.45, 2.75) is 119 Å². The molecule has 0 radical (unpaired) electrons. The maximum atomic E-state index is 2.99. The summed E-state index contributed by atoms with van der Waals surface area (Å²) < 4.78 is 0. The van der Waals surface area contributed by atoms with Gasteiger partial charge in [0.1, 0.15) is 0 Å². The zero-order valence-corrected chi connectivity index (χ0v) is 22.2. The largest absolute Gasteiger partial charge is 0.296 e. The van der Waals surface area contributed by atoms with Crippen LogP contribution in [0.4, 0.5) is 0 Å². The smallest absolute Gasteiger partial charge is 0.0150 e. The maximum Gasteiger partial charge on any atom is 0.0150 e. The Morgan fingerprint density at radius 1 is 0.935 bits per heavy atom. The van der Waals surface area contributed by atoms with E-state index in [1.807, 2.05) is 0 Å². The van der Waals surface area contributed by atoms with Crippen LogP contribution in [0.15, 0.2) is 11.6 Å². The fourth-order valence-electron chi connectivity index (χ4n) is 11.4. The molecule has 4 unspecified atom stereocenters. The van der Waals surface area contributed by atoms with Gasteiger partial charge in [-0.2, -0.15) is 0 Å². The topological polar surface area (TPSA) is 3.24 Å². The van der Waals surface area contributed by atoms with Crippen molar-refractivity contribution in [3.8, 4) is 0 Å². The molecule has 0 aromatic rings. The molecule has 10 atom stereocenters. The van der Waals surface area contributed by atoms with E-state index in [2.05, 4.69) is 73.3 Å². The lowest BCUT2D eigenvalue weighted by Gasteiger charge is -2.75. The van der Waals surface area contributed by atoms with Crippen molar-refractivity contribution >= 4 is 0 Å². The highest BCUT2D eigenvalue weighted by atomic mass is 15.3. The molecule has 0 bridgehead atoms. The van der Waals surface area contributed by atoms with Crippen molar-refractivity contribution in [1.82, 2.24) is 4.90 Å². The van der Waals surface area contributed by atoms with Crippen LogP contribution in [0.3, 0.4) is 0 Å². The van der Waals surface area contributed by atoms with Crippen molar-refractivity contribution < 1.29 is 0 Å². The van der Waals surface area contributed by atoms with E-state index >= 15 is 0 Å². The molecule has 1 aliphatic heterocycles. The summed E-state index contributed by atoms with van der Waals surface area (Å²) in [6, 6.07) is 1.76. The number of likely N-dealkylation sites (tertiary alicyclic amines) is 1. The van der Waals surface area contributed by atoms with Crippen LogP contribution in [0.25, 0.3) is 0 Å². The summed E-state index contributed by atoms with van der Waals surface area (Å²) in [5.41, 5.74) is 3.59. The van der Waals surface area contributed by atoms with E-state index < -0.39 is 0 Å². The highest BCUT2D eigenvalue weighted by Gasteiger charge is 2.75. The summed E-state index contributed by atoms with van der Waals surface area (Å²) in [6.45, 7) is 24.6. The molecule has 31 heavy (non-hydrogen) atoms. The second kappa shape index (κ2) is 6.86. The Labute approximate surface area is 193 Å². The van der Waals surface area contributed by atoms with Gasteiger partial charge in [-0.05, 0) is 110 Å². The van der Waals surface area contributed by atoms with Gasteiger partial charge in [-0.25, -0.2) is 0 Å². The Morgan fingerprint density at radius 2 is 1.65 bits per heavy atom. The predicted octanol–water partition coefficient (Wildman–Crippen LogP) is 7.96. The zero-order chi connectivity index (χ0) is 22.6. The molecule has 4 aliphatic carbocycles. The van der Waals surface area contributed by atoms with Crippen molar-refractivity contribution in [2.24, 2.45) is 51.2 Å². The van der Waals surface area contributed by atoms with Crippen molar-refractivity contribution in [2.75, 3.05) is 6.54 Å². The SMILES string of the molecule is CC(C)=CCCN1C2CC[C@]3(C)C2[C@H]1CC1[C@@]2(C)CC[C@H](C)C(C)(C)C2[C@@H](C)C[C@]13C. The molecule has 1 nitrogen and oxygen atoms in total. The Hall–Kier alpha value is -0.300. The van der Waals surface area contributed by atoms with Crippen molar-refractivity contribution in [3.05, 3.63) is 11.6 Å². The van der Waals surface area contributed by atoms with Gasteiger partial charge in [0.15, 0.2) is 0 Å². The maximum absolute atomic E-state index is 2.99. The molecule has 1 heteroatoms.